The van der Waals surface area contributed by atoms with Gasteiger partial charge in [0.2, 0.25) is 0 Å². The Kier molecular flexibility index (Phi) is 11.3. The molecule has 0 spiro atoms. The van der Waals surface area contributed by atoms with Crippen LogP contribution in [0.25, 0.3) is 0 Å². The number of methoxy groups -OCH3 is 1. The van der Waals surface area contributed by atoms with E-state index in [1.54, 1.807) is 6.92 Å². The third-order valence-corrected chi connectivity index (χ3v) is 5.48. The van der Waals surface area contributed by atoms with Gasteiger partial charge in [0.25, 0.3) is 0 Å². The number of esters is 3. The van der Waals surface area contributed by atoms with Crippen molar-refractivity contribution >= 4 is 51.8 Å². The van der Waals surface area contributed by atoms with Crippen molar-refractivity contribution in [3.63, 3.8) is 0 Å². The Morgan fingerprint density at radius 2 is 1.83 bits per heavy atom. The van der Waals surface area contributed by atoms with Crippen LogP contribution in [0.15, 0.2) is 12.2 Å². The molecule has 0 aliphatic rings. The van der Waals surface area contributed by atoms with E-state index in [1.165, 1.54) is 14.0 Å². The van der Waals surface area contributed by atoms with E-state index < -0.39 is 34.7 Å². The van der Waals surface area contributed by atoms with Crippen LogP contribution in [0.5, 0.6) is 0 Å². The fourth-order valence-corrected chi connectivity index (χ4v) is 3.05. The molecule has 23 heavy (non-hydrogen) atoms. The van der Waals surface area contributed by atoms with Crippen molar-refractivity contribution < 1.29 is 33.3 Å². The summed E-state index contributed by atoms with van der Waals surface area (Å²) in [6, 6.07) is 0. The van der Waals surface area contributed by atoms with Gasteiger partial charge in [0.05, 0.1) is 0 Å². The van der Waals surface area contributed by atoms with Gasteiger partial charge in [-0.3, -0.25) is 0 Å². The molecule has 0 aromatic heterocycles. The molecule has 0 rings (SSSR count). The molecule has 10 heteroatoms. The van der Waals surface area contributed by atoms with Crippen LogP contribution in [0.3, 0.4) is 0 Å². The molecule has 3 atom stereocenters. The minimum absolute atomic E-state index is 0.0884. The molecule has 3 unspecified atom stereocenters. The van der Waals surface area contributed by atoms with Gasteiger partial charge in [0.15, 0.2) is 0 Å². The Balaban J connectivity index is 4.32. The SMILES string of the molecule is B#P(I)C(CC(=O)OCCOC(=O)C(=C)C)C(=O)OC(C)OC. The summed E-state index contributed by atoms with van der Waals surface area (Å²) >= 11 is 1.89. The van der Waals surface area contributed by atoms with E-state index in [0.717, 1.165) is 0 Å². The Morgan fingerprint density at radius 3 is 2.30 bits per heavy atom. The third-order valence-electron chi connectivity index (χ3n) is 2.47. The second kappa shape index (κ2) is 11.7. The Hall–Kier alpha value is -0.795. The van der Waals surface area contributed by atoms with Gasteiger partial charge >= 0.3 is 150 Å². The van der Waals surface area contributed by atoms with Gasteiger partial charge in [0, 0.05) is 0 Å². The summed E-state index contributed by atoms with van der Waals surface area (Å²) in [5.74, 6) is -1.81. The summed E-state index contributed by atoms with van der Waals surface area (Å²) in [7, 11) is 7.15. The molecular formula is C13H19BIO7P. The first-order valence-electron chi connectivity index (χ1n) is 6.60. The average molecular weight is 456 g/mol. The molecule has 0 saturated heterocycles. The summed E-state index contributed by atoms with van der Waals surface area (Å²) < 4.78 is 19.5. The van der Waals surface area contributed by atoms with Gasteiger partial charge in [0.1, 0.15) is 0 Å². The van der Waals surface area contributed by atoms with Crippen molar-refractivity contribution in [2.45, 2.75) is 32.2 Å². The number of halogens is 1. The van der Waals surface area contributed by atoms with Gasteiger partial charge in [-0.15, -0.1) is 0 Å². The summed E-state index contributed by atoms with van der Waals surface area (Å²) in [6.45, 7) is 6.28. The van der Waals surface area contributed by atoms with Gasteiger partial charge in [-0.1, -0.05) is 0 Å². The van der Waals surface area contributed by atoms with Crippen molar-refractivity contribution in [2.75, 3.05) is 20.3 Å². The first-order valence-corrected chi connectivity index (χ1v) is 10.9. The minimum atomic E-state index is -1.27. The normalized spacial score (nSPS) is 13.6. The second-order valence-corrected chi connectivity index (χ2v) is 9.10. The molecule has 0 aliphatic carbocycles. The molecule has 0 saturated carbocycles. The predicted molar refractivity (Wildman–Crippen MR) is 94.4 cm³/mol. The number of hydrogen-bond acceptors (Lipinski definition) is 7. The first kappa shape index (κ1) is 22.2. The van der Waals surface area contributed by atoms with Crippen molar-refractivity contribution in [3.8, 4) is 0 Å². The molecule has 0 heterocycles. The average Bonchev–Trinajstić information content (AvgIpc) is 2.47. The number of rotatable bonds is 9. The molecule has 0 amide bonds. The standard InChI is InChI=1S/C13H19BIO7P/c1-8(2)12(17)21-6-5-20-11(16)7-10(23(14)15)13(18)22-9(3)19-4/h9-10H,1,5-7H2,2-4H3. The van der Waals surface area contributed by atoms with Crippen LogP contribution in [0, 0.1) is 0 Å². The molecule has 0 aromatic rings. The summed E-state index contributed by atoms with van der Waals surface area (Å²) in [6.07, 6.45) is -0.941. The van der Waals surface area contributed by atoms with Crippen LogP contribution < -0.4 is 0 Å². The molecule has 0 fully saturated rings. The van der Waals surface area contributed by atoms with Crippen molar-refractivity contribution in [1.82, 2.24) is 0 Å². The third kappa shape index (κ3) is 9.83. The van der Waals surface area contributed by atoms with Gasteiger partial charge in [-0.2, -0.15) is 0 Å². The zero-order chi connectivity index (χ0) is 18.0. The van der Waals surface area contributed by atoms with Gasteiger partial charge < -0.3 is 0 Å². The zero-order valence-corrected chi connectivity index (χ0v) is 16.3. The van der Waals surface area contributed by atoms with E-state index in [4.69, 9.17) is 26.0 Å². The Bertz CT molecular complexity index is 528. The number of carbonyl (C=O) groups is 3. The van der Waals surface area contributed by atoms with Gasteiger partial charge in [-0.25, -0.2) is 0 Å². The maximum atomic E-state index is 11.9. The molecule has 0 N–H and O–H groups in total. The van der Waals surface area contributed by atoms with Crippen LogP contribution in [0.4, 0.5) is 0 Å². The Morgan fingerprint density at radius 1 is 1.26 bits per heavy atom. The summed E-state index contributed by atoms with van der Waals surface area (Å²) in [5, 5.41) is 0. The molecule has 0 aromatic carbocycles. The zero-order valence-electron chi connectivity index (χ0n) is 13.2. The first-order chi connectivity index (χ1) is 10.7. The summed E-state index contributed by atoms with van der Waals surface area (Å²) in [5.41, 5.74) is -0.543. The van der Waals surface area contributed by atoms with Crippen LogP contribution in [-0.4, -0.2) is 57.2 Å². The molecular weight excluding hydrogens is 437 g/mol. The van der Waals surface area contributed by atoms with Crippen molar-refractivity contribution in [1.29, 1.82) is 0 Å². The molecule has 7 nitrogen and oxygen atoms in total. The number of ether oxygens (including phenoxy) is 4. The van der Waals surface area contributed by atoms with E-state index in [-0.39, 0.29) is 25.2 Å². The predicted octanol–water partition coefficient (Wildman–Crippen LogP) is 1.86. The second-order valence-electron chi connectivity index (χ2n) is 4.44. The van der Waals surface area contributed by atoms with Crippen LogP contribution >= 0.6 is 26.9 Å². The monoisotopic (exact) mass is 456 g/mol. The van der Waals surface area contributed by atoms with E-state index in [9.17, 15) is 14.4 Å². The molecule has 0 bridgehead atoms. The molecule has 0 radical (unpaired) electrons. The molecule has 128 valence electrons. The number of hydrogen-bond donors (Lipinski definition) is 0. The van der Waals surface area contributed by atoms with Crippen molar-refractivity contribution in [3.05, 3.63) is 12.2 Å². The van der Waals surface area contributed by atoms with Crippen LogP contribution in [0.2, 0.25) is 0 Å². The van der Waals surface area contributed by atoms with Crippen molar-refractivity contribution in [2.24, 2.45) is 0 Å². The maximum absolute atomic E-state index is 11.9. The number of carbonyl (C=O) groups excluding carboxylic acids is 3. The van der Waals surface area contributed by atoms with E-state index in [2.05, 4.69) is 6.58 Å². The molecule has 0 aliphatic heterocycles. The van der Waals surface area contributed by atoms with E-state index in [1.807, 2.05) is 22.0 Å². The quantitative estimate of drug-likeness (QED) is 0.0766. The Labute approximate surface area is 149 Å². The van der Waals surface area contributed by atoms with E-state index >= 15 is 0 Å². The fraction of sp³-hybridized carbons (Fsp3) is 0.615. The van der Waals surface area contributed by atoms with Crippen LogP contribution in [-0.2, 0) is 33.3 Å². The van der Waals surface area contributed by atoms with E-state index in [0.29, 0.717) is 0 Å². The topological polar surface area (TPSA) is 88.1 Å². The van der Waals surface area contributed by atoms with Crippen LogP contribution in [0.1, 0.15) is 20.3 Å². The van der Waals surface area contributed by atoms with Gasteiger partial charge in [-0.05, 0) is 0 Å². The summed E-state index contributed by atoms with van der Waals surface area (Å²) in [4.78, 5) is 33.5. The fourth-order valence-electron chi connectivity index (χ4n) is 1.19.